The Bertz CT molecular complexity index is 1200. The zero-order chi connectivity index (χ0) is 22.0. The summed E-state index contributed by atoms with van der Waals surface area (Å²) in [5.74, 6) is -0.244. The fraction of sp³-hybridized carbons (Fsp3) is 0.391. The molecule has 4 rings (SSSR count). The molecule has 1 amide bonds. The second kappa shape index (κ2) is 8.85. The van der Waals surface area contributed by atoms with Crippen LogP contribution in [0.15, 0.2) is 39.5 Å². The van der Waals surface area contributed by atoms with Gasteiger partial charge in [0, 0.05) is 11.9 Å². The van der Waals surface area contributed by atoms with Crippen LogP contribution in [0.1, 0.15) is 25.3 Å². The van der Waals surface area contributed by atoms with E-state index in [0.717, 1.165) is 19.4 Å². The molecule has 1 aliphatic rings. The van der Waals surface area contributed by atoms with Gasteiger partial charge in [0.05, 0.1) is 30.0 Å². The molecule has 2 aromatic heterocycles. The van der Waals surface area contributed by atoms with Gasteiger partial charge in [-0.25, -0.2) is 9.78 Å². The van der Waals surface area contributed by atoms with E-state index in [-0.39, 0.29) is 24.3 Å². The Morgan fingerprint density at radius 2 is 2.13 bits per heavy atom. The third kappa shape index (κ3) is 4.44. The molecule has 0 aliphatic carbocycles. The van der Waals surface area contributed by atoms with Crippen LogP contribution < -0.4 is 10.9 Å². The highest BCUT2D eigenvalue weighted by molar-refractivity contribution is 6.04. The lowest BCUT2D eigenvalue weighted by molar-refractivity contribution is -0.150. The largest absolute Gasteiger partial charge is 0.466 e. The zero-order valence-corrected chi connectivity index (χ0v) is 17.6. The number of carbonyl (C=O) groups excluding carboxylic acids is 2. The molecular weight excluding hydrogens is 398 g/mol. The number of aryl methyl sites for hydroxylation is 1. The predicted molar refractivity (Wildman–Crippen MR) is 117 cm³/mol. The number of pyridine rings is 1. The van der Waals surface area contributed by atoms with Gasteiger partial charge >= 0.3 is 11.6 Å². The van der Waals surface area contributed by atoms with Gasteiger partial charge in [0.15, 0.2) is 0 Å². The first-order chi connectivity index (χ1) is 15.0. The van der Waals surface area contributed by atoms with Crippen molar-refractivity contribution in [1.82, 2.24) is 9.88 Å². The van der Waals surface area contributed by atoms with Crippen molar-refractivity contribution in [3.63, 3.8) is 0 Å². The Morgan fingerprint density at radius 3 is 2.94 bits per heavy atom. The standard InChI is InChI=1S/C23H25N3O5/c1-3-30-22(28)15-7-6-10-26(12-15)13-19(27)24-18-11-14(2)20-21(25-18)16-8-4-5-9-17(16)31-23(20)29/h4-5,8-9,11,15H,3,6-7,10,12-13H2,1-2H3,(H,24,25,27)/t15-/m0/s1. The normalized spacial score (nSPS) is 17.0. The summed E-state index contributed by atoms with van der Waals surface area (Å²) in [5, 5.41) is 3.96. The van der Waals surface area contributed by atoms with Gasteiger partial charge in [0.2, 0.25) is 5.91 Å². The summed E-state index contributed by atoms with van der Waals surface area (Å²) < 4.78 is 10.5. The lowest BCUT2D eigenvalue weighted by atomic mass is 9.98. The fourth-order valence-electron chi connectivity index (χ4n) is 4.13. The third-order valence-corrected chi connectivity index (χ3v) is 5.53. The number of ether oxygens (including phenoxy) is 1. The zero-order valence-electron chi connectivity index (χ0n) is 17.6. The van der Waals surface area contributed by atoms with Crippen LogP contribution in [0.3, 0.4) is 0 Å². The van der Waals surface area contributed by atoms with Crippen LogP contribution in [0.4, 0.5) is 5.82 Å². The highest BCUT2D eigenvalue weighted by atomic mass is 16.5. The molecule has 0 saturated carbocycles. The number of amides is 1. The number of nitrogens with one attached hydrogen (secondary N) is 1. The van der Waals surface area contributed by atoms with Crippen LogP contribution in [-0.2, 0) is 14.3 Å². The Morgan fingerprint density at radius 1 is 1.32 bits per heavy atom. The number of rotatable bonds is 5. The van der Waals surface area contributed by atoms with Gasteiger partial charge in [-0.3, -0.25) is 14.5 Å². The molecule has 0 unspecified atom stereocenters. The van der Waals surface area contributed by atoms with Gasteiger partial charge in [-0.05, 0) is 57.0 Å². The van der Waals surface area contributed by atoms with Crippen molar-refractivity contribution in [2.45, 2.75) is 26.7 Å². The maximum absolute atomic E-state index is 12.7. The number of nitrogens with zero attached hydrogens (tertiary/aromatic N) is 2. The number of carbonyl (C=O) groups is 2. The van der Waals surface area contributed by atoms with Crippen molar-refractivity contribution in [3.8, 4) is 0 Å². The van der Waals surface area contributed by atoms with Crippen molar-refractivity contribution in [2.24, 2.45) is 5.92 Å². The predicted octanol–water partition coefficient (Wildman–Crippen LogP) is 2.86. The van der Waals surface area contributed by atoms with Gasteiger partial charge < -0.3 is 14.5 Å². The van der Waals surface area contributed by atoms with Crippen LogP contribution in [0.2, 0.25) is 0 Å². The van der Waals surface area contributed by atoms with Gasteiger partial charge in [0.25, 0.3) is 0 Å². The summed E-state index contributed by atoms with van der Waals surface area (Å²) in [5.41, 5.74) is 1.19. The van der Waals surface area contributed by atoms with E-state index in [1.807, 2.05) is 17.0 Å². The second-order valence-corrected chi connectivity index (χ2v) is 7.81. The van der Waals surface area contributed by atoms with Crippen LogP contribution in [0.25, 0.3) is 21.9 Å². The van der Waals surface area contributed by atoms with Crippen LogP contribution in [0, 0.1) is 12.8 Å². The molecule has 162 valence electrons. The lowest BCUT2D eigenvalue weighted by Gasteiger charge is -2.30. The van der Waals surface area contributed by atoms with E-state index in [2.05, 4.69) is 10.3 Å². The maximum atomic E-state index is 12.7. The van der Waals surface area contributed by atoms with E-state index in [4.69, 9.17) is 9.15 Å². The van der Waals surface area contributed by atoms with Crippen molar-refractivity contribution in [2.75, 3.05) is 31.6 Å². The number of fused-ring (bicyclic) bond motifs is 3. The molecular formula is C23H25N3O5. The number of likely N-dealkylation sites (tertiary alicyclic amines) is 1. The molecule has 8 heteroatoms. The van der Waals surface area contributed by atoms with E-state index in [0.29, 0.717) is 46.4 Å². The summed E-state index contributed by atoms with van der Waals surface area (Å²) in [4.78, 5) is 43.6. The van der Waals surface area contributed by atoms with Crippen molar-refractivity contribution < 1.29 is 18.7 Å². The third-order valence-electron chi connectivity index (χ3n) is 5.53. The van der Waals surface area contributed by atoms with Crippen LogP contribution in [-0.4, -0.2) is 48.0 Å². The average molecular weight is 423 g/mol. The maximum Gasteiger partial charge on any atom is 0.346 e. The smallest absolute Gasteiger partial charge is 0.346 e. The van der Waals surface area contributed by atoms with E-state index >= 15 is 0 Å². The first kappa shape index (κ1) is 21.0. The summed E-state index contributed by atoms with van der Waals surface area (Å²) in [6.45, 7) is 5.35. The van der Waals surface area contributed by atoms with Crippen molar-refractivity contribution in [3.05, 3.63) is 46.3 Å². The molecule has 31 heavy (non-hydrogen) atoms. The highest BCUT2D eigenvalue weighted by Crippen LogP contribution is 2.25. The Balaban J connectivity index is 1.53. The number of hydrogen-bond donors (Lipinski definition) is 1. The molecule has 1 saturated heterocycles. The molecule has 1 fully saturated rings. The number of anilines is 1. The molecule has 8 nitrogen and oxygen atoms in total. The summed E-state index contributed by atoms with van der Waals surface area (Å²) in [7, 11) is 0. The lowest BCUT2D eigenvalue weighted by Crippen LogP contribution is -2.43. The quantitative estimate of drug-likeness (QED) is 0.382. The number of aromatic nitrogens is 1. The van der Waals surface area contributed by atoms with Gasteiger partial charge in [-0.15, -0.1) is 0 Å². The van der Waals surface area contributed by atoms with Crippen LogP contribution >= 0.6 is 0 Å². The minimum absolute atomic E-state index is 0.159. The number of benzene rings is 1. The molecule has 0 radical (unpaired) electrons. The van der Waals surface area contributed by atoms with E-state index in [9.17, 15) is 14.4 Å². The van der Waals surface area contributed by atoms with Crippen molar-refractivity contribution >= 4 is 39.6 Å². The molecule has 3 heterocycles. The summed E-state index contributed by atoms with van der Waals surface area (Å²) in [6.07, 6.45) is 1.61. The molecule has 0 spiro atoms. The molecule has 1 N–H and O–H groups in total. The molecule has 1 aliphatic heterocycles. The molecule has 0 bridgehead atoms. The highest BCUT2D eigenvalue weighted by Gasteiger charge is 2.27. The van der Waals surface area contributed by atoms with E-state index in [1.165, 1.54) is 0 Å². The Hall–Kier alpha value is -3.26. The molecule has 1 atom stereocenters. The molecule has 3 aromatic rings. The Kier molecular flexibility index (Phi) is 5.99. The van der Waals surface area contributed by atoms with Gasteiger partial charge in [-0.2, -0.15) is 0 Å². The van der Waals surface area contributed by atoms with Crippen molar-refractivity contribution in [1.29, 1.82) is 0 Å². The fourth-order valence-corrected chi connectivity index (χ4v) is 4.13. The topological polar surface area (TPSA) is 102 Å². The summed E-state index contributed by atoms with van der Waals surface area (Å²) >= 11 is 0. The first-order valence-electron chi connectivity index (χ1n) is 10.5. The molecule has 1 aromatic carbocycles. The number of piperidine rings is 1. The minimum Gasteiger partial charge on any atom is -0.466 e. The van der Waals surface area contributed by atoms with Gasteiger partial charge in [-0.1, -0.05) is 12.1 Å². The number of hydrogen-bond acceptors (Lipinski definition) is 7. The SMILES string of the molecule is CCOC(=O)[C@H]1CCCN(CC(=O)Nc2cc(C)c3c(=O)oc4ccccc4c3n2)C1. The van der Waals surface area contributed by atoms with Gasteiger partial charge in [0.1, 0.15) is 11.4 Å². The number of para-hydroxylation sites is 1. The first-order valence-corrected chi connectivity index (χ1v) is 10.5. The Labute approximate surface area is 179 Å². The van der Waals surface area contributed by atoms with E-state index < -0.39 is 5.63 Å². The summed E-state index contributed by atoms with van der Waals surface area (Å²) in [6, 6.07) is 8.86. The van der Waals surface area contributed by atoms with Crippen LogP contribution in [0.5, 0.6) is 0 Å². The average Bonchev–Trinajstić information content (AvgIpc) is 2.73. The minimum atomic E-state index is -0.449. The second-order valence-electron chi connectivity index (χ2n) is 7.81. The number of esters is 1. The monoisotopic (exact) mass is 423 g/mol. The van der Waals surface area contributed by atoms with E-state index in [1.54, 1.807) is 32.0 Å².